The van der Waals surface area contributed by atoms with E-state index in [0.717, 1.165) is 19.3 Å². The molecule has 3 atom stereocenters. The maximum atomic E-state index is 14.4. The number of carbonyl (C=O) groups is 1. The second-order valence-electron chi connectivity index (χ2n) is 7.26. The third kappa shape index (κ3) is 2.74. The SMILES string of the molecule is Cc1cc(F)c(NC(=O)N2C3CC(C)C[C@@H]2C3)cc1C1=N[N+](C)=C=N1. The van der Waals surface area contributed by atoms with E-state index in [1.54, 1.807) is 20.0 Å². The molecule has 7 heteroatoms. The van der Waals surface area contributed by atoms with Crippen LogP contribution in [0.25, 0.3) is 0 Å². The zero-order valence-corrected chi connectivity index (χ0v) is 14.6. The van der Waals surface area contributed by atoms with Crippen molar-refractivity contribution in [3.05, 3.63) is 29.1 Å². The number of nitrogens with zero attached hydrogens (tertiary/aromatic N) is 4. The van der Waals surface area contributed by atoms with Crippen molar-refractivity contribution < 1.29 is 13.9 Å². The minimum absolute atomic E-state index is 0.163. The monoisotopic (exact) mass is 342 g/mol. The van der Waals surface area contributed by atoms with Gasteiger partial charge in [0.05, 0.1) is 11.3 Å². The Kier molecular flexibility index (Phi) is 3.69. The summed E-state index contributed by atoms with van der Waals surface area (Å²) in [6, 6.07) is 6.06. The lowest BCUT2D eigenvalue weighted by Gasteiger charge is -2.54. The second kappa shape index (κ2) is 5.77. The van der Waals surface area contributed by atoms with Gasteiger partial charge in [0.2, 0.25) is 0 Å². The molecule has 1 aromatic rings. The standard InChI is InChI=1S/C18H20FN5O/c1-10-4-12-7-13(5-10)24(12)18(25)21-16-8-14(11(2)6-15(16)19)17-20-9-23(3)22-17/h6,8,10,12-13H,4-5,7H2,1-3H3/p+1/t10?,12-,13?/m1/s1. The first-order chi connectivity index (χ1) is 11.9. The fourth-order valence-electron chi connectivity index (χ4n) is 4.09. The van der Waals surface area contributed by atoms with E-state index in [-0.39, 0.29) is 23.8 Å². The van der Waals surface area contributed by atoms with E-state index in [4.69, 9.17) is 0 Å². The van der Waals surface area contributed by atoms with Crippen molar-refractivity contribution in [2.45, 2.75) is 45.2 Å². The summed E-state index contributed by atoms with van der Waals surface area (Å²) in [6.45, 7) is 4.01. The lowest BCUT2D eigenvalue weighted by molar-refractivity contribution is -0.493. The Morgan fingerprint density at radius 3 is 2.72 bits per heavy atom. The number of hydrazone groups is 1. The highest BCUT2D eigenvalue weighted by atomic mass is 19.1. The van der Waals surface area contributed by atoms with Gasteiger partial charge in [-0.1, -0.05) is 11.6 Å². The number of hydrogen-bond acceptors (Lipinski definition) is 3. The summed E-state index contributed by atoms with van der Waals surface area (Å²) in [7, 11) is 1.72. The number of amidine groups is 1. The fraction of sp³-hybridized carbons (Fsp3) is 0.500. The van der Waals surface area contributed by atoms with Crippen molar-refractivity contribution in [2.24, 2.45) is 16.0 Å². The minimum Gasteiger partial charge on any atom is -0.318 e. The molecule has 2 fully saturated rings. The number of benzene rings is 1. The molecule has 25 heavy (non-hydrogen) atoms. The van der Waals surface area contributed by atoms with Gasteiger partial charge in [-0.25, -0.2) is 9.18 Å². The number of piperidine rings is 1. The van der Waals surface area contributed by atoms with Gasteiger partial charge in [0.15, 0.2) is 0 Å². The van der Waals surface area contributed by atoms with Gasteiger partial charge in [-0.05, 0) is 54.9 Å². The molecule has 130 valence electrons. The minimum atomic E-state index is -0.450. The van der Waals surface area contributed by atoms with Gasteiger partial charge in [-0.2, -0.15) is 0 Å². The van der Waals surface area contributed by atoms with Crippen LogP contribution >= 0.6 is 0 Å². The summed E-state index contributed by atoms with van der Waals surface area (Å²) in [6.07, 6.45) is 3.12. The van der Waals surface area contributed by atoms with Crippen molar-refractivity contribution in [1.82, 2.24) is 4.90 Å². The predicted octanol–water partition coefficient (Wildman–Crippen LogP) is 3.03. The number of anilines is 1. The van der Waals surface area contributed by atoms with Crippen molar-refractivity contribution >= 4 is 23.6 Å². The van der Waals surface area contributed by atoms with E-state index in [0.29, 0.717) is 22.9 Å². The highest BCUT2D eigenvalue weighted by Crippen LogP contribution is 2.41. The van der Waals surface area contributed by atoms with Gasteiger partial charge in [-0.3, -0.25) is 0 Å². The maximum Gasteiger partial charge on any atom is 0.342 e. The van der Waals surface area contributed by atoms with E-state index >= 15 is 0 Å². The average Bonchev–Trinajstić information content (AvgIpc) is 2.95. The molecule has 2 unspecified atom stereocenters. The third-order valence-electron chi connectivity index (χ3n) is 5.26. The summed E-state index contributed by atoms with van der Waals surface area (Å²) in [5.74, 6) is 0.667. The Morgan fingerprint density at radius 2 is 2.08 bits per heavy atom. The van der Waals surface area contributed by atoms with Crippen LogP contribution in [0.15, 0.2) is 22.2 Å². The third-order valence-corrected chi connectivity index (χ3v) is 5.26. The lowest BCUT2D eigenvalue weighted by atomic mass is 9.74. The maximum absolute atomic E-state index is 14.4. The Morgan fingerprint density at radius 1 is 1.36 bits per heavy atom. The summed E-state index contributed by atoms with van der Waals surface area (Å²) in [5.41, 5.74) is 1.56. The first-order valence-corrected chi connectivity index (χ1v) is 8.61. The van der Waals surface area contributed by atoms with Crippen LogP contribution in [-0.2, 0) is 0 Å². The molecule has 6 nitrogen and oxygen atoms in total. The molecule has 0 aromatic heterocycles. The average molecular weight is 342 g/mol. The first kappa shape index (κ1) is 16.0. The van der Waals surface area contributed by atoms with Crippen LogP contribution in [0.3, 0.4) is 0 Å². The topological polar surface area (TPSA) is 60.1 Å². The molecular formula is C18H21FN5O+. The lowest BCUT2D eigenvalue weighted by Crippen LogP contribution is -2.63. The van der Waals surface area contributed by atoms with E-state index in [9.17, 15) is 9.18 Å². The molecular weight excluding hydrogens is 321 g/mol. The smallest absolute Gasteiger partial charge is 0.318 e. The summed E-state index contributed by atoms with van der Waals surface area (Å²) < 4.78 is 15.8. The number of urea groups is 1. The zero-order chi connectivity index (χ0) is 17.7. The van der Waals surface area contributed by atoms with Gasteiger partial charge < -0.3 is 10.2 Å². The van der Waals surface area contributed by atoms with Crippen LogP contribution in [0, 0.1) is 18.7 Å². The van der Waals surface area contributed by atoms with Crippen LogP contribution in [0.4, 0.5) is 14.9 Å². The van der Waals surface area contributed by atoms with Crippen molar-refractivity contribution in [3.8, 4) is 0 Å². The molecule has 1 N–H and O–H groups in total. The molecule has 2 amide bonds. The zero-order valence-electron chi connectivity index (χ0n) is 14.6. The van der Waals surface area contributed by atoms with Gasteiger partial charge >= 0.3 is 17.9 Å². The van der Waals surface area contributed by atoms with Gasteiger partial charge in [0, 0.05) is 17.1 Å². The number of amides is 2. The number of rotatable bonds is 2. The molecule has 3 aliphatic heterocycles. The van der Waals surface area contributed by atoms with E-state index in [1.165, 1.54) is 10.8 Å². The highest BCUT2D eigenvalue weighted by Gasteiger charge is 2.46. The number of carbonyl (C=O) groups excluding carboxylic acids is 1. The normalized spacial score (nSPS) is 26.9. The number of fused-ring (bicyclic) bond motifs is 2. The number of hydrogen-bond donors (Lipinski definition) is 1. The van der Waals surface area contributed by atoms with Crippen molar-refractivity contribution in [2.75, 3.05) is 12.4 Å². The number of aryl methyl sites for hydroxylation is 1. The fourth-order valence-corrected chi connectivity index (χ4v) is 4.09. The van der Waals surface area contributed by atoms with Crippen LogP contribution in [0.2, 0.25) is 0 Å². The molecule has 3 aliphatic rings. The van der Waals surface area contributed by atoms with E-state index < -0.39 is 5.82 Å². The largest absolute Gasteiger partial charge is 0.342 e. The van der Waals surface area contributed by atoms with Gasteiger partial charge in [-0.15, -0.1) is 0 Å². The number of aliphatic imine (C=N–C) groups is 1. The number of nitrogens with one attached hydrogen (secondary N) is 1. The van der Waals surface area contributed by atoms with Crippen molar-refractivity contribution in [1.29, 1.82) is 0 Å². The number of halogens is 1. The Hall–Kier alpha value is -2.53. The summed E-state index contributed by atoms with van der Waals surface area (Å²) in [4.78, 5) is 18.6. The van der Waals surface area contributed by atoms with E-state index in [1.807, 2.05) is 4.90 Å². The van der Waals surface area contributed by atoms with Crippen LogP contribution in [0.1, 0.15) is 37.3 Å². The van der Waals surface area contributed by atoms with Crippen LogP contribution < -0.4 is 5.32 Å². The summed E-state index contributed by atoms with van der Waals surface area (Å²) >= 11 is 0. The molecule has 2 saturated heterocycles. The molecule has 0 aliphatic carbocycles. The first-order valence-electron chi connectivity index (χ1n) is 8.61. The second-order valence-corrected chi connectivity index (χ2v) is 7.26. The van der Waals surface area contributed by atoms with E-state index in [2.05, 4.69) is 28.3 Å². The Balaban J connectivity index is 1.56. The Bertz CT molecular complexity index is 843. The Labute approximate surface area is 145 Å². The van der Waals surface area contributed by atoms with Crippen LogP contribution in [-0.4, -0.2) is 46.6 Å². The molecule has 2 bridgehead atoms. The summed E-state index contributed by atoms with van der Waals surface area (Å²) in [5, 5.41) is 6.95. The molecule has 4 rings (SSSR count). The molecule has 0 saturated carbocycles. The quantitative estimate of drug-likeness (QED) is 0.825. The van der Waals surface area contributed by atoms with Crippen LogP contribution in [0.5, 0.6) is 0 Å². The highest BCUT2D eigenvalue weighted by molar-refractivity contribution is 6.04. The predicted molar refractivity (Wildman–Crippen MR) is 92.7 cm³/mol. The molecule has 0 radical (unpaired) electrons. The van der Waals surface area contributed by atoms with Gasteiger partial charge in [0.1, 0.15) is 12.9 Å². The molecule has 3 heterocycles. The molecule has 1 aromatic carbocycles. The van der Waals surface area contributed by atoms with Gasteiger partial charge in [0.25, 0.3) is 0 Å². The van der Waals surface area contributed by atoms with Crippen molar-refractivity contribution in [3.63, 3.8) is 0 Å². The molecule has 0 spiro atoms.